The van der Waals surface area contributed by atoms with Crippen LogP contribution >= 0.6 is 11.6 Å². The monoisotopic (exact) mass is 411 g/mol. The molecule has 0 saturated carbocycles. The normalized spacial score (nSPS) is 11.4. The van der Waals surface area contributed by atoms with Gasteiger partial charge in [0, 0.05) is 22.7 Å². The molecule has 0 aliphatic carbocycles. The molecule has 28 heavy (non-hydrogen) atoms. The summed E-state index contributed by atoms with van der Waals surface area (Å²) in [5, 5.41) is 22.7. The first-order chi connectivity index (χ1) is 13.1. The lowest BCUT2D eigenvalue weighted by atomic mass is 10.0. The molecule has 2 aromatic carbocycles. The maximum absolute atomic E-state index is 13.6. The molecule has 1 heterocycles. The highest BCUT2D eigenvalue weighted by Gasteiger charge is 2.42. The van der Waals surface area contributed by atoms with Crippen LogP contribution in [-0.2, 0) is 6.18 Å². The zero-order valence-electron chi connectivity index (χ0n) is 13.7. The first kappa shape index (κ1) is 19.4. The number of nitro groups is 2. The Labute approximate surface area is 159 Å². The van der Waals surface area contributed by atoms with Crippen molar-refractivity contribution in [3.63, 3.8) is 0 Å². The van der Waals surface area contributed by atoms with Crippen molar-refractivity contribution in [2.45, 2.75) is 6.18 Å². The lowest BCUT2D eigenvalue weighted by molar-refractivity contribution is -0.385. The second kappa shape index (κ2) is 6.97. The molecule has 0 bridgehead atoms. The van der Waals surface area contributed by atoms with E-state index >= 15 is 0 Å². The number of benzene rings is 2. The van der Waals surface area contributed by atoms with E-state index in [0.29, 0.717) is 5.02 Å². The summed E-state index contributed by atoms with van der Waals surface area (Å²) in [4.78, 5) is 22.9. The summed E-state index contributed by atoms with van der Waals surface area (Å²) in [5.41, 5.74) is -3.55. The van der Waals surface area contributed by atoms with Crippen molar-refractivity contribution in [3.8, 4) is 22.4 Å². The fourth-order valence-electron chi connectivity index (χ4n) is 2.74. The van der Waals surface area contributed by atoms with Crippen LogP contribution in [0.25, 0.3) is 22.4 Å². The summed E-state index contributed by atoms with van der Waals surface area (Å²) in [6.07, 6.45) is -4.92. The van der Waals surface area contributed by atoms with Crippen molar-refractivity contribution in [2.75, 3.05) is 0 Å². The zero-order valence-corrected chi connectivity index (χ0v) is 14.4. The highest BCUT2D eigenvalue weighted by molar-refractivity contribution is 6.30. The van der Waals surface area contributed by atoms with E-state index in [-0.39, 0.29) is 22.5 Å². The number of alkyl halides is 3. The zero-order chi connectivity index (χ0) is 20.6. The summed E-state index contributed by atoms with van der Waals surface area (Å²) in [5.74, 6) is 0. The van der Waals surface area contributed by atoms with E-state index in [0.717, 1.165) is 24.3 Å². The Balaban J connectivity index is 2.31. The average molecular weight is 412 g/mol. The number of aromatic nitrogens is 1. The molecule has 0 unspecified atom stereocenters. The molecular weight excluding hydrogens is 403 g/mol. The van der Waals surface area contributed by atoms with Gasteiger partial charge in [0.15, 0.2) is 0 Å². The third kappa shape index (κ3) is 3.54. The third-order valence-electron chi connectivity index (χ3n) is 3.94. The van der Waals surface area contributed by atoms with E-state index in [9.17, 15) is 33.4 Å². The summed E-state index contributed by atoms with van der Waals surface area (Å²) in [7, 11) is 0. The number of aromatic amines is 1. The Morgan fingerprint density at radius 2 is 1.39 bits per heavy atom. The van der Waals surface area contributed by atoms with E-state index in [2.05, 4.69) is 4.98 Å². The number of nitrogens with zero attached hydrogens (tertiary/aromatic N) is 2. The van der Waals surface area contributed by atoms with Gasteiger partial charge in [-0.3, -0.25) is 20.2 Å². The van der Waals surface area contributed by atoms with E-state index in [1.165, 1.54) is 24.3 Å². The highest BCUT2D eigenvalue weighted by atomic mass is 35.5. The van der Waals surface area contributed by atoms with Gasteiger partial charge in [-0.2, -0.15) is 13.2 Å². The van der Waals surface area contributed by atoms with Crippen LogP contribution in [0.4, 0.5) is 24.5 Å². The summed E-state index contributed by atoms with van der Waals surface area (Å²) >= 11 is 5.77. The fraction of sp³-hybridized carbons (Fsp3) is 0.0588. The third-order valence-corrected chi connectivity index (χ3v) is 4.19. The highest BCUT2D eigenvalue weighted by Crippen LogP contribution is 2.47. The maximum atomic E-state index is 13.6. The van der Waals surface area contributed by atoms with Crippen molar-refractivity contribution in [2.24, 2.45) is 0 Å². The molecule has 0 fully saturated rings. The molecule has 0 aliphatic heterocycles. The molecule has 0 aliphatic rings. The Morgan fingerprint density at radius 3 is 1.86 bits per heavy atom. The Bertz CT molecular complexity index is 1060. The molecule has 3 rings (SSSR count). The number of non-ortho nitro benzene ring substituents is 1. The molecule has 144 valence electrons. The van der Waals surface area contributed by atoms with Crippen molar-refractivity contribution in [1.29, 1.82) is 0 Å². The van der Waals surface area contributed by atoms with Crippen molar-refractivity contribution in [1.82, 2.24) is 4.98 Å². The number of H-pyrrole nitrogens is 1. The minimum Gasteiger partial charge on any atom is -0.345 e. The Morgan fingerprint density at radius 1 is 0.857 bits per heavy atom. The minimum absolute atomic E-state index is 0.134. The van der Waals surface area contributed by atoms with E-state index < -0.39 is 33.0 Å². The van der Waals surface area contributed by atoms with Crippen molar-refractivity contribution >= 4 is 23.0 Å². The average Bonchev–Trinajstić information content (AvgIpc) is 3.03. The lowest BCUT2D eigenvalue weighted by Crippen LogP contribution is -2.07. The summed E-state index contributed by atoms with van der Waals surface area (Å²) in [6.45, 7) is 0. The van der Waals surface area contributed by atoms with Gasteiger partial charge < -0.3 is 4.98 Å². The van der Waals surface area contributed by atoms with E-state index in [1.54, 1.807) is 0 Å². The van der Waals surface area contributed by atoms with Gasteiger partial charge >= 0.3 is 11.9 Å². The summed E-state index contributed by atoms with van der Waals surface area (Å²) < 4.78 is 40.8. The SMILES string of the molecule is O=[N+]([O-])c1ccc(-c2c(C(F)(F)F)[nH]c(-c3ccc(Cl)cc3)c2[N+](=O)[O-])cc1. The number of rotatable bonds is 4. The van der Waals surface area contributed by atoms with Crippen molar-refractivity contribution in [3.05, 3.63) is 79.5 Å². The van der Waals surface area contributed by atoms with E-state index in [4.69, 9.17) is 11.6 Å². The van der Waals surface area contributed by atoms with Gasteiger partial charge in [0.25, 0.3) is 5.69 Å². The maximum Gasteiger partial charge on any atom is 0.432 e. The smallest absolute Gasteiger partial charge is 0.345 e. The number of hydrogen-bond donors (Lipinski definition) is 1. The van der Waals surface area contributed by atoms with Gasteiger partial charge in [-0.15, -0.1) is 0 Å². The standard InChI is InChI=1S/C17H9ClF3N3O4/c18-11-5-1-10(2-6-11)14-15(24(27)28)13(16(22-14)17(19,20)21)9-3-7-12(8-4-9)23(25)26/h1-8,22H. The number of nitrogens with one attached hydrogen (secondary N) is 1. The molecule has 0 saturated heterocycles. The molecule has 7 nitrogen and oxygen atoms in total. The molecule has 3 aromatic rings. The quantitative estimate of drug-likeness (QED) is 0.430. The van der Waals surface area contributed by atoms with Gasteiger partial charge in [-0.1, -0.05) is 23.7 Å². The van der Waals surface area contributed by atoms with Crippen LogP contribution < -0.4 is 0 Å². The van der Waals surface area contributed by atoms with Crippen LogP contribution in [0, 0.1) is 20.2 Å². The Kier molecular flexibility index (Phi) is 4.82. The summed E-state index contributed by atoms with van der Waals surface area (Å²) in [6, 6.07) is 9.51. The minimum atomic E-state index is -4.92. The van der Waals surface area contributed by atoms with Gasteiger partial charge in [0.05, 0.1) is 15.4 Å². The fourth-order valence-corrected chi connectivity index (χ4v) is 2.87. The molecule has 1 N–H and O–H groups in total. The van der Waals surface area contributed by atoms with Gasteiger partial charge in [-0.25, -0.2) is 0 Å². The first-order valence-corrected chi connectivity index (χ1v) is 7.95. The van der Waals surface area contributed by atoms with Crippen LogP contribution in [0.1, 0.15) is 5.69 Å². The molecular formula is C17H9ClF3N3O4. The van der Waals surface area contributed by atoms with Crippen LogP contribution in [-0.4, -0.2) is 14.8 Å². The lowest BCUT2D eigenvalue weighted by Gasteiger charge is -2.07. The van der Waals surface area contributed by atoms with E-state index in [1.807, 2.05) is 0 Å². The number of nitro benzene ring substituents is 1. The number of hydrogen-bond acceptors (Lipinski definition) is 4. The second-order valence-electron chi connectivity index (χ2n) is 5.66. The van der Waals surface area contributed by atoms with Gasteiger partial charge in [0.2, 0.25) is 0 Å². The van der Waals surface area contributed by atoms with Gasteiger partial charge in [-0.05, 0) is 29.8 Å². The number of halogens is 4. The molecule has 0 spiro atoms. The van der Waals surface area contributed by atoms with Crippen LogP contribution in [0.5, 0.6) is 0 Å². The molecule has 1 aromatic heterocycles. The largest absolute Gasteiger partial charge is 0.432 e. The van der Waals surface area contributed by atoms with Crippen molar-refractivity contribution < 1.29 is 23.0 Å². The molecule has 0 amide bonds. The second-order valence-corrected chi connectivity index (χ2v) is 6.10. The molecule has 0 atom stereocenters. The molecule has 0 radical (unpaired) electrons. The molecule has 11 heteroatoms. The first-order valence-electron chi connectivity index (χ1n) is 7.58. The topological polar surface area (TPSA) is 102 Å². The van der Waals surface area contributed by atoms with Crippen LogP contribution in [0.3, 0.4) is 0 Å². The van der Waals surface area contributed by atoms with Crippen LogP contribution in [0.15, 0.2) is 48.5 Å². The predicted molar refractivity (Wildman–Crippen MR) is 95.0 cm³/mol. The Hall–Kier alpha value is -3.40. The predicted octanol–water partition coefficient (Wildman–Crippen LogP) is 5.84. The van der Waals surface area contributed by atoms with Gasteiger partial charge in [0.1, 0.15) is 11.4 Å². The van der Waals surface area contributed by atoms with Crippen LogP contribution in [0.2, 0.25) is 5.02 Å².